The minimum atomic E-state index is -1.58. The van der Waals surface area contributed by atoms with Crippen LogP contribution in [-0.4, -0.2) is 53.9 Å². The number of amides is 2. The highest BCUT2D eigenvalue weighted by molar-refractivity contribution is 6.31. The minimum Gasteiger partial charge on any atom is -0.494 e. The van der Waals surface area contributed by atoms with E-state index in [-0.39, 0.29) is 30.6 Å². The second kappa shape index (κ2) is 13.6. The molecule has 0 aliphatic carbocycles. The zero-order valence-corrected chi connectivity index (χ0v) is 27.9. The summed E-state index contributed by atoms with van der Waals surface area (Å²) >= 11 is 12.3. The molecular formula is C37H34Cl2FN3O5. The fourth-order valence-corrected chi connectivity index (χ4v) is 7.58. The SMILES string of the molecule is C=C(Cl)/C=C\C=C(/F)[C@H]1[C@@H]2C(=O)N(Cc3ccc(C(=O)OC)cc3)C[C@@H]2N(Cc2cccc(OCC)c2)[C@@]12C(=O)Nc1cc(Cl)ccc12. The molecule has 2 fully saturated rings. The number of nitrogens with zero attached hydrogens (tertiary/aromatic N) is 2. The summed E-state index contributed by atoms with van der Waals surface area (Å²) in [6.07, 6.45) is 4.12. The molecule has 6 rings (SSSR count). The number of esters is 1. The Morgan fingerprint density at radius 1 is 1.10 bits per heavy atom. The highest BCUT2D eigenvalue weighted by Gasteiger charge is 2.71. The predicted molar refractivity (Wildman–Crippen MR) is 182 cm³/mol. The van der Waals surface area contributed by atoms with Gasteiger partial charge < -0.3 is 19.7 Å². The van der Waals surface area contributed by atoms with Crippen LogP contribution in [0.1, 0.15) is 34.0 Å². The van der Waals surface area contributed by atoms with Gasteiger partial charge in [-0.2, -0.15) is 0 Å². The number of rotatable bonds is 10. The van der Waals surface area contributed by atoms with Gasteiger partial charge in [-0.1, -0.05) is 66.2 Å². The highest BCUT2D eigenvalue weighted by atomic mass is 35.5. The fraction of sp³-hybridized carbons (Fsp3) is 0.270. The van der Waals surface area contributed by atoms with Gasteiger partial charge in [0, 0.05) is 47.0 Å². The summed E-state index contributed by atoms with van der Waals surface area (Å²) in [5.41, 5.74) is 1.45. The molecule has 0 bridgehead atoms. The number of hydrogen-bond acceptors (Lipinski definition) is 6. The number of hydrogen-bond donors (Lipinski definition) is 1. The van der Waals surface area contributed by atoms with Crippen molar-refractivity contribution in [2.24, 2.45) is 11.8 Å². The van der Waals surface area contributed by atoms with Crippen LogP contribution in [-0.2, 0) is 33.0 Å². The van der Waals surface area contributed by atoms with Crippen molar-refractivity contribution in [3.8, 4) is 5.75 Å². The number of carbonyl (C=O) groups excluding carboxylic acids is 3. The van der Waals surface area contributed by atoms with Crippen molar-refractivity contribution in [3.05, 3.63) is 130 Å². The number of likely N-dealkylation sites (tertiary alicyclic amines) is 2. The lowest BCUT2D eigenvalue weighted by molar-refractivity contribution is -0.135. The van der Waals surface area contributed by atoms with E-state index in [2.05, 4.69) is 11.9 Å². The lowest BCUT2D eigenvalue weighted by atomic mass is 9.74. The van der Waals surface area contributed by atoms with Crippen LogP contribution in [0.15, 0.2) is 102 Å². The summed E-state index contributed by atoms with van der Waals surface area (Å²) in [5, 5.41) is 3.57. The standard InChI is InChI=1S/C37H34Cl2FN3O5/c1-4-48-27-9-6-8-24(17-27)20-43-31-21-42(19-23-11-13-25(14-12-23)35(45)47-3)34(44)32(31)33(29(40)10-5-7-22(2)38)37(43)28-16-15-26(39)18-30(28)41-36(37)46/h5-18,31-33H,2,4,19-21H2,1,3H3,(H,41,46)/b7-5-,29-10-/t31-,32+,33-,37+/m0/s1. The first-order valence-electron chi connectivity index (χ1n) is 15.5. The summed E-state index contributed by atoms with van der Waals surface area (Å²) < 4.78 is 27.4. The Bertz CT molecular complexity index is 1840. The van der Waals surface area contributed by atoms with Gasteiger partial charge in [-0.3, -0.25) is 14.5 Å². The van der Waals surface area contributed by atoms with Crippen molar-refractivity contribution in [2.75, 3.05) is 25.6 Å². The normalized spacial score (nSPS) is 23.5. The number of fused-ring (bicyclic) bond motifs is 3. The van der Waals surface area contributed by atoms with Gasteiger partial charge in [-0.15, -0.1) is 0 Å². The highest BCUT2D eigenvalue weighted by Crippen LogP contribution is 2.60. The van der Waals surface area contributed by atoms with Crippen molar-refractivity contribution >= 4 is 46.7 Å². The number of benzene rings is 3. The monoisotopic (exact) mass is 689 g/mol. The van der Waals surface area contributed by atoms with Crippen molar-refractivity contribution in [3.63, 3.8) is 0 Å². The molecule has 0 radical (unpaired) electrons. The zero-order valence-electron chi connectivity index (χ0n) is 26.4. The van der Waals surface area contributed by atoms with Crippen LogP contribution in [0.2, 0.25) is 5.02 Å². The Hall–Kier alpha value is -4.44. The quantitative estimate of drug-likeness (QED) is 0.182. The predicted octanol–water partition coefficient (Wildman–Crippen LogP) is 6.99. The Morgan fingerprint density at radius 3 is 2.58 bits per heavy atom. The Kier molecular flexibility index (Phi) is 9.47. The van der Waals surface area contributed by atoms with Gasteiger partial charge in [0.1, 0.15) is 17.1 Å². The Labute approximate surface area is 288 Å². The molecule has 0 aromatic heterocycles. The third kappa shape index (κ3) is 5.91. The van der Waals surface area contributed by atoms with E-state index in [1.807, 2.05) is 36.1 Å². The van der Waals surface area contributed by atoms with Crippen LogP contribution < -0.4 is 10.1 Å². The fourth-order valence-electron chi connectivity index (χ4n) is 7.33. The second-order valence-electron chi connectivity index (χ2n) is 12.0. The molecule has 3 aromatic rings. The van der Waals surface area contributed by atoms with E-state index in [1.165, 1.54) is 25.3 Å². The molecule has 3 aliphatic rings. The molecule has 11 heteroatoms. The topological polar surface area (TPSA) is 88.2 Å². The molecule has 1 spiro atoms. The van der Waals surface area contributed by atoms with E-state index in [0.717, 1.165) is 11.1 Å². The summed E-state index contributed by atoms with van der Waals surface area (Å²) in [5.74, 6) is -3.26. The van der Waals surface area contributed by atoms with E-state index in [4.69, 9.17) is 32.7 Å². The van der Waals surface area contributed by atoms with Crippen LogP contribution in [0.25, 0.3) is 0 Å². The largest absolute Gasteiger partial charge is 0.494 e. The van der Waals surface area contributed by atoms with E-state index >= 15 is 4.39 Å². The second-order valence-corrected chi connectivity index (χ2v) is 12.9. The third-order valence-corrected chi connectivity index (χ3v) is 9.57. The van der Waals surface area contributed by atoms with Gasteiger partial charge >= 0.3 is 5.97 Å². The summed E-state index contributed by atoms with van der Waals surface area (Å²) in [6, 6.07) is 18.9. The molecule has 3 aromatic carbocycles. The summed E-state index contributed by atoms with van der Waals surface area (Å²) in [4.78, 5) is 44.5. The first kappa shape index (κ1) is 33.5. The van der Waals surface area contributed by atoms with Gasteiger partial charge in [-0.25, -0.2) is 9.18 Å². The van der Waals surface area contributed by atoms with Gasteiger partial charge in [0.25, 0.3) is 0 Å². The van der Waals surface area contributed by atoms with Crippen molar-refractivity contribution in [1.82, 2.24) is 9.80 Å². The molecule has 48 heavy (non-hydrogen) atoms. The minimum absolute atomic E-state index is 0.203. The first-order chi connectivity index (χ1) is 23.1. The average molecular weight is 691 g/mol. The van der Waals surface area contributed by atoms with Crippen molar-refractivity contribution in [1.29, 1.82) is 0 Å². The van der Waals surface area contributed by atoms with Gasteiger partial charge in [0.15, 0.2) is 0 Å². The van der Waals surface area contributed by atoms with Crippen molar-refractivity contribution in [2.45, 2.75) is 31.6 Å². The van der Waals surface area contributed by atoms with Gasteiger partial charge in [0.05, 0.1) is 31.1 Å². The molecule has 0 unspecified atom stereocenters. The zero-order chi connectivity index (χ0) is 34.2. The molecule has 3 heterocycles. The molecule has 0 saturated carbocycles. The number of methoxy groups -OCH3 is 1. The van der Waals surface area contributed by atoms with E-state index in [9.17, 15) is 14.4 Å². The maximum atomic E-state index is 16.9. The molecule has 8 nitrogen and oxygen atoms in total. The number of ether oxygens (including phenoxy) is 2. The van der Waals surface area contributed by atoms with Crippen LogP contribution in [0.4, 0.5) is 10.1 Å². The Balaban J connectivity index is 1.48. The van der Waals surface area contributed by atoms with Crippen LogP contribution >= 0.6 is 23.2 Å². The van der Waals surface area contributed by atoms with Crippen LogP contribution in [0, 0.1) is 11.8 Å². The van der Waals surface area contributed by atoms with Gasteiger partial charge in [0.2, 0.25) is 11.8 Å². The lowest BCUT2D eigenvalue weighted by Crippen LogP contribution is -2.54. The van der Waals surface area contributed by atoms with Crippen molar-refractivity contribution < 1.29 is 28.2 Å². The molecule has 4 atom stereocenters. The number of halogens is 3. The smallest absolute Gasteiger partial charge is 0.337 e. The van der Waals surface area contributed by atoms with Crippen LogP contribution in [0.3, 0.4) is 0 Å². The molecule has 2 saturated heterocycles. The Morgan fingerprint density at radius 2 is 1.88 bits per heavy atom. The van der Waals surface area contributed by atoms with Gasteiger partial charge in [-0.05, 0) is 66.6 Å². The van der Waals surface area contributed by atoms with E-state index in [0.29, 0.717) is 34.2 Å². The number of allylic oxidation sites excluding steroid dienone is 4. The number of anilines is 1. The number of carbonyl (C=O) groups is 3. The lowest BCUT2D eigenvalue weighted by Gasteiger charge is -2.40. The summed E-state index contributed by atoms with van der Waals surface area (Å²) in [6.45, 7) is 6.70. The molecule has 3 aliphatic heterocycles. The summed E-state index contributed by atoms with van der Waals surface area (Å²) in [7, 11) is 1.31. The van der Waals surface area contributed by atoms with Crippen LogP contribution in [0.5, 0.6) is 5.75 Å². The van der Waals surface area contributed by atoms with E-state index < -0.39 is 41.1 Å². The molecule has 2 amide bonds. The van der Waals surface area contributed by atoms with E-state index in [1.54, 1.807) is 47.4 Å². The number of nitrogens with one attached hydrogen (secondary N) is 1. The molecule has 1 N–H and O–H groups in total. The third-order valence-electron chi connectivity index (χ3n) is 9.21. The maximum absolute atomic E-state index is 16.9. The average Bonchev–Trinajstić information content (AvgIpc) is 3.63. The maximum Gasteiger partial charge on any atom is 0.337 e. The first-order valence-corrected chi connectivity index (χ1v) is 16.3. The molecule has 248 valence electrons. The molecular weight excluding hydrogens is 656 g/mol.